The SMILES string of the molecule is CON=C(CC(=NOC)c1ccccc1)CC(=NOC)c1ccccc1. The van der Waals surface area contributed by atoms with Gasteiger partial charge >= 0.3 is 0 Å². The highest BCUT2D eigenvalue weighted by atomic mass is 16.6. The second-order valence-corrected chi connectivity index (χ2v) is 5.37. The Balaban J connectivity index is 2.26. The van der Waals surface area contributed by atoms with Crippen LogP contribution in [0.5, 0.6) is 0 Å². The fraction of sp³-hybridized carbons (Fsp3) is 0.250. The van der Waals surface area contributed by atoms with Crippen LogP contribution in [0.2, 0.25) is 0 Å². The third-order valence-corrected chi connectivity index (χ3v) is 3.58. The van der Waals surface area contributed by atoms with Crippen LogP contribution in [-0.4, -0.2) is 38.5 Å². The Hall–Kier alpha value is -3.15. The molecule has 0 aliphatic rings. The van der Waals surface area contributed by atoms with E-state index in [4.69, 9.17) is 14.5 Å². The lowest BCUT2D eigenvalue weighted by molar-refractivity contribution is 0.209. The first-order valence-electron chi connectivity index (χ1n) is 8.18. The van der Waals surface area contributed by atoms with Crippen LogP contribution in [0, 0.1) is 0 Å². The van der Waals surface area contributed by atoms with Crippen molar-refractivity contribution in [2.45, 2.75) is 12.8 Å². The highest BCUT2D eigenvalue weighted by Crippen LogP contribution is 2.12. The molecular weight excluding hydrogens is 330 g/mol. The van der Waals surface area contributed by atoms with E-state index in [1.807, 2.05) is 60.7 Å². The van der Waals surface area contributed by atoms with E-state index in [2.05, 4.69) is 15.5 Å². The van der Waals surface area contributed by atoms with Gasteiger partial charge in [-0.25, -0.2) is 0 Å². The monoisotopic (exact) mass is 353 g/mol. The molecule has 0 atom stereocenters. The molecule has 0 bridgehead atoms. The van der Waals surface area contributed by atoms with Gasteiger partial charge in [0.15, 0.2) is 0 Å². The molecule has 0 unspecified atom stereocenters. The van der Waals surface area contributed by atoms with E-state index in [0.29, 0.717) is 12.8 Å². The van der Waals surface area contributed by atoms with Crippen molar-refractivity contribution >= 4 is 17.1 Å². The van der Waals surface area contributed by atoms with Gasteiger partial charge in [-0.2, -0.15) is 0 Å². The maximum Gasteiger partial charge on any atom is 0.106 e. The lowest BCUT2D eigenvalue weighted by atomic mass is 9.99. The van der Waals surface area contributed by atoms with Crippen molar-refractivity contribution in [3.8, 4) is 0 Å². The first-order chi connectivity index (χ1) is 12.8. The Morgan fingerprint density at radius 1 is 0.615 bits per heavy atom. The highest BCUT2D eigenvalue weighted by Gasteiger charge is 2.15. The normalized spacial score (nSPS) is 11.7. The Morgan fingerprint density at radius 2 is 1.00 bits per heavy atom. The molecule has 0 aromatic heterocycles. The lowest BCUT2D eigenvalue weighted by Gasteiger charge is -2.10. The molecule has 0 spiro atoms. The molecule has 0 N–H and O–H groups in total. The van der Waals surface area contributed by atoms with Crippen molar-refractivity contribution in [1.82, 2.24) is 0 Å². The molecule has 0 fully saturated rings. The van der Waals surface area contributed by atoms with Crippen molar-refractivity contribution in [1.29, 1.82) is 0 Å². The number of nitrogens with zero attached hydrogens (tertiary/aromatic N) is 3. The van der Waals surface area contributed by atoms with Gasteiger partial charge in [-0.3, -0.25) is 0 Å². The lowest BCUT2D eigenvalue weighted by Crippen LogP contribution is -2.16. The summed E-state index contributed by atoms with van der Waals surface area (Å²) >= 11 is 0. The molecule has 26 heavy (non-hydrogen) atoms. The van der Waals surface area contributed by atoms with Crippen molar-refractivity contribution in [2.75, 3.05) is 21.3 Å². The van der Waals surface area contributed by atoms with Gasteiger partial charge in [-0.1, -0.05) is 76.1 Å². The zero-order valence-electron chi connectivity index (χ0n) is 15.3. The summed E-state index contributed by atoms with van der Waals surface area (Å²) in [5.41, 5.74) is 4.19. The summed E-state index contributed by atoms with van der Waals surface area (Å²) in [5, 5.41) is 12.5. The van der Waals surface area contributed by atoms with E-state index in [0.717, 1.165) is 28.3 Å². The van der Waals surface area contributed by atoms with Gasteiger partial charge in [0.1, 0.15) is 21.3 Å². The van der Waals surface area contributed by atoms with Crippen molar-refractivity contribution < 1.29 is 14.5 Å². The Bertz CT molecular complexity index is 695. The molecule has 0 aliphatic heterocycles. The van der Waals surface area contributed by atoms with Crippen LogP contribution in [0.4, 0.5) is 0 Å². The second kappa shape index (κ2) is 10.7. The molecule has 0 saturated heterocycles. The fourth-order valence-corrected chi connectivity index (χ4v) is 2.50. The molecular formula is C20H23N3O3. The largest absolute Gasteiger partial charge is 0.399 e. The molecule has 0 aliphatic carbocycles. The van der Waals surface area contributed by atoms with Crippen molar-refractivity contribution in [2.24, 2.45) is 15.5 Å². The molecule has 0 radical (unpaired) electrons. The number of rotatable bonds is 9. The maximum atomic E-state index is 5.03. The summed E-state index contributed by atoms with van der Waals surface area (Å²) in [7, 11) is 4.57. The van der Waals surface area contributed by atoms with Gasteiger partial charge in [0.05, 0.1) is 17.1 Å². The smallest absolute Gasteiger partial charge is 0.106 e. The van der Waals surface area contributed by atoms with Crippen molar-refractivity contribution in [3.63, 3.8) is 0 Å². The quantitative estimate of drug-likeness (QED) is 0.508. The molecule has 6 nitrogen and oxygen atoms in total. The van der Waals surface area contributed by atoms with Gasteiger partial charge in [0, 0.05) is 12.8 Å². The number of hydrogen-bond donors (Lipinski definition) is 0. The number of hydrogen-bond acceptors (Lipinski definition) is 6. The van der Waals surface area contributed by atoms with Crippen LogP contribution in [-0.2, 0) is 14.5 Å². The van der Waals surface area contributed by atoms with E-state index >= 15 is 0 Å². The van der Waals surface area contributed by atoms with Crippen LogP contribution in [0.3, 0.4) is 0 Å². The van der Waals surface area contributed by atoms with Crippen LogP contribution in [0.1, 0.15) is 24.0 Å². The summed E-state index contributed by atoms with van der Waals surface area (Å²) in [6.45, 7) is 0. The van der Waals surface area contributed by atoms with Gasteiger partial charge in [0.2, 0.25) is 0 Å². The molecule has 2 aromatic carbocycles. The highest BCUT2D eigenvalue weighted by molar-refractivity contribution is 6.19. The minimum Gasteiger partial charge on any atom is -0.399 e. The molecule has 0 amide bonds. The van der Waals surface area contributed by atoms with Crippen LogP contribution in [0.15, 0.2) is 76.1 Å². The topological polar surface area (TPSA) is 64.8 Å². The minimum atomic E-state index is 0.460. The average molecular weight is 353 g/mol. The van der Waals surface area contributed by atoms with Gasteiger partial charge < -0.3 is 14.5 Å². The molecule has 2 rings (SSSR count). The first-order valence-corrected chi connectivity index (χ1v) is 8.18. The summed E-state index contributed by atoms with van der Waals surface area (Å²) in [6, 6.07) is 19.6. The molecule has 6 heteroatoms. The van der Waals surface area contributed by atoms with Crippen LogP contribution >= 0.6 is 0 Å². The summed E-state index contributed by atoms with van der Waals surface area (Å²) in [6.07, 6.45) is 0.919. The minimum absolute atomic E-state index is 0.460. The molecule has 0 heterocycles. The average Bonchev–Trinajstić information content (AvgIpc) is 2.69. The first kappa shape index (κ1) is 19.2. The van der Waals surface area contributed by atoms with Crippen LogP contribution < -0.4 is 0 Å². The standard InChI is InChI=1S/C20H23N3O3/c1-24-21-18(14-19(22-25-2)16-10-6-4-7-11-16)15-20(23-26-3)17-12-8-5-9-13-17/h4-13H,14-15H2,1-3H3. The Morgan fingerprint density at radius 3 is 1.35 bits per heavy atom. The molecule has 136 valence electrons. The van der Waals surface area contributed by atoms with Crippen LogP contribution in [0.25, 0.3) is 0 Å². The number of benzene rings is 2. The molecule has 0 saturated carbocycles. The van der Waals surface area contributed by atoms with E-state index in [1.54, 1.807) is 0 Å². The second-order valence-electron chi connectivity index (χ2n) is 5.37. The zero-order chi connectivity index (χ0) is 18.6. The third-order valence-electron chi connectivity index (χ3n) is 3.58. The third kappa shape index (κ3) is 5.73. The van der Waals surface area contributed by atoms with E-state index < -0.39 is 0 Å². The summed E-state index contributed by atoms with van der Waals surface area (Å²) in [5.74, 6) is 0. The predicted octanol–water partition coefficient (Wildman–Crippen LogP) is 3.87. The summed E-state index contributed by atoms with van der Waals surface area (Å²) < 4.78 is 0. The fourth-order valence-electron chi connectivity index (χ4n) is 2.50. The van der Waals surface area contributed by atoms with Gasteiger partial charge in [0.25, 0.3) is 0 Å². The molecule has 2 aromatic rings. The van der Waals surface area contributed by atoms with E-state index in [1.165, 1.54) is 21.3 Å². The zero-order valence-corrected chi connectivity index (χ0v) is 15.3. The van der Waals surface area contributed by atoms with E-state index in [9.17, 15) is 0 Å². The van der Waals surface area contributed by atoms with E-state index in [-0.39, 0.29) is 0 Å². The van der Waals surface area contributed by atoms with Gasteiger partial charge in [-0.05, 0) is 11.1 Å². The van der Waals surface area contributed by atoms with Crippen molar-refractivity contribution in [3.05, 3.63) is 71.8 Å². The Kier molecular flexibility index (Phi) is 7.86. The van der Waals surface area contributed by atoms with Gasteiger partial charge in [-0.15, -0.1) is 0 Å². The maximum absolute atomic E-state index is 5.03. The Labute approximate surface area is 153 Å². The summed E-state index contributed by atoms with van der Waals surface area (Å²) in [4.78, 5) is 15.1. The number of oxime groups is 3. The predicted molar refractivity (Wildman–Crippen MR) is 104 cm³/mol.